The summed E-state index contributed by atoms with van der Waals surface area (Å²) in [5.74, 6) is -0.862. The van der Waals surface area contributed by atoms with Crippen LogP contribution in [0.5, 0.6) is 0 Å². The lowest BCUT2D eigenvalue weighted by atomic mass is 10.0. The SMILES string of the molecule is Cc1cc(C)n(CC(C)(NC(C)C)C(=O)O)n1. The number of aromatic nitrogens is 2. The largest absolute Gasteiger partial charge is 0.480 e. The minimum absolute atomic E-state index is 0.105. The zero-order valence-corrected chi connectivity index (χ0v) is 11.1. The summed E-state index contributed by atoms with van der Waals surface area (Å²) in [5, 5.41) is 16.7. The van der Waals surface area contributed by atoms with E-state index in [1.165, 1.54) is 0 Å². The average molecular weight is 239 g/mol. The Labute approximate surface area is 102 Å². The van der Waals surface area contributed by atoms with Gasteiger partial charge in [-0.2, -0.15) is 5.10 Å². The third-order valence-electron chi connectivity index (χ3n) is 2.65. The molecule has 0 aliphatic heterocycles. The molecule has 1 aromatic heterocycles. The standard InChI is InChI=1S/C12H21N3O2/c1-8(2)13-12(5,11(16)17)7-15-10(4)6-9(3)14-15/h6,8,13H,7H2,1-5H3,(H,16,17). The van der Waals surface area contributed by atoms with Crippen molar-refractivity contribution in [2.75, 3.05) is 0 Å². The molecule has 0 aliphatic carbocycles. The van der Waals surface area contributed by atoms with Gasteiger partial charge in [-0.05, 0) is 40.7 Å². The predicted octanol–water partition coefficient (Wildman–Crippen LogP) is 1.34. The van der Waals surface area contributed by atoms with Crippen molar-refractivity contribution in [2.24, 2.45) is 0 Å². The van der Waals surface area contributed by atoms with Crippen LogP contribution in [0.3, 0.4) is 0 Å². The van der Waals surface area contributed by atoms with E-state index in [4.69, 9.17) is 0 Å². The molecule has 0 aliphatic rings. The molecule has 0 radical (unpaired) electrons. The number of hydrogen-bond donors (Lipinski definition) is 2. The number of rotatable bonds is 5. The molecule has 0 bridgehead atoms. The van der Waals surface area contributed by atoms with Crippen LogP contribution in [0.4, 0.5) is 0 Å². The number of aliphatic carboxylic acids is 1. The van der Waals surface area contributed by atoms with Gasteiger partial charge in [0.15, 0.2) is 0 Å². The normalized spacial score (nSPS) is 14.9. The molecule has 0 fully saturated rings. The van der Waals surface area contributed by atoms with Crippen LogP contribution >= 0.6 is 0 Å². The quantitative estimate of drug-likeness (QED) is 0.813. The van der Waals surface area contributed by atoms with Gasteiger partial charge in [0.2, 0.25) is 0 Å². The Morgan fingerprint density at radius 1 is 1.59 bits per heavy atom. The molecular formula is C12H21N3O2. The first-order chi connectivity index (χ1) is 7.74. The highest BCUT2D eigenvalue weighted by molar-refractivity contribution is 5.78. The molecule has 5 nitrogen and oxygen atoms in total. The number of nitrogens with zero attached hydrogens (tertiary/aromatic N) is 2. The minimum Gasteiger partial charge on any atom is -0.480 e. The van der Waals surface area contributed by atoms with E-state index in [1.54, 1.807) is 11.6 Å². The fraction of sp³-hybridized carbons (Fsp3) is 0.667. The van der Waals surface area contributed by atoms with Gasteiger partial charge in [-0.25, -0.2) is 0 Å². The minimum atomic E-state index is -1.00. The summed E-state index contributed by atoms with van der Waals surface area (Å²) in [5.41, 5.74) is 0.873. The summed E-state index contributed by atoms with van der Waals surface area (Å²) in [6, 6.07) is 2.05. The van der Waals surface area contributed by atoms with Crippen molar-refractivity contribution in [3.63, 3.8) is 0 Å². The highest BCUT2D eigenvalue weighted by atomic mass is 16.4. The molecule has 17 heavy (non-hydrogen) atoms. The van der Waals surface area contributed by atoms with Crippen molar-refractivity contribution in [2.45, 2.75) is 52.7 Å². The Morgan fingerprint density at radius 3 is 2.53 bits per heavy atom. The zero-order chi connectivity index (χ0) is 13.2. The van der Waals surface area contributed by atoms with Gasteiger partial charge in [0.05, 0.1) is 12.2 Å². The molecule has 1 unspecified atom stereocenters. The number of aryl methyl sites for hydroxylation is 2. The van der Waals surface area contributed by atoms with Crippen molar-refractivity contribution in [1.82, 2.24) is 15.1 Å². The van der Waals surface area contributed by atoms with E-state index in [2.05, 4.69) is 10.4 Å². The van der Waals surface area contributed by atoms with Crippen molar-refractivity contribution in [3.8, 4) is 0 Å². The van der Waals surface area contributed by atoms with Gasteiger partial charge in [-0.1, -0.05) is 0 Å². The topological polar surface area (TPSA) is 67.2 Å². The van der Waals surface area contributed by atoms with Crippen LogP contribution in [-0.4, -0.2) is 32.4 Å². The molecule has 2 N–H and O–H groups in total. The van der Waals surface area contributed by atoms with Crippen LogP contribution in [-0.2, 0) is 11.3 Å². The highest BCUT2D eigenvalue weighted by Gasteiger charge is 2.34. The van der Waals surface area contributed by atoms with Crippen molar-refractivity contribution >= 4 is 5.97 Å². The highest BCUT2D eigenvalue weighted by Crippen LogP contribution is 2.12. The summed E-state index contributed by atoms with van der Waals surface area (Å²) >= 11 is 0. The number of hydrogen-bond acceptors (Lipinski definition) is 3. The van der Waals surface area contributed by atoms with Crippen LogP contribution in [0.15, 0.2) is 6.07 Å². The number of nitrogens with one attached hydrogen (secondary N) is 1. The van der Waals surface area contributed by atoms with Crippen LogP contribution in [0.2, 0.25) is 0 Å². The maximum atomic E-state index is 11.4. The number of carbonyl (C=O) groups is 1. The van der Waals surface area contributed by atoms with Crippen molar-refractivity contribution in [1.29, 1.82) is 0 Å². The summed E-state index contributed by atoms with van der Waals surface area (Å²) in [4.78, 5) is 11.4. The van der Waals surface area contributed by atoms with Crippen LogP contribution in [0.25, 0.3) is 0 Å². The second-order valence-electron chi connectivity index (χ2n) is 5.02. The Bertz CT molecular complexity index is 412. The Hall–Kier alpha value is -1.36. The molecule has 0 aromatic carbocycles. The average Bonchev–Trinajstić information content (AvgIpc) is 2.43. The van der Waals surface area contributed by atoms with Crippen LogP contribution in [0, 0.1) is 13.8 Å². The molecule has 0 amide bonds. The van der Waals surface area contributed by atoms with Crippen LogP contribution < -0.4 is 5.32 Å². The molecule has 5 heteroatoms. The van der Waals surface area contributed by atoms with Crippen LogP contribution in [0.1, 0.15) is 32.2 Å². The van der Waals surface area contributed by atoms with E-state index in [0.717, 1.165) is 11.4 Å². The Morgan fingerprint density at radius 2 is 2.18 bits per heavy atom. The molecule has 1 aromatic rings. The third kappa shape index (κ3) is 3.30. The Kier molecular flexibility index (Phi) is 3.93. The second-order valence-corrected chi connectivity index (χ2v) is 5.02. The lowest BCUT2D eigenvalue weighted by molar-refractivity contribution is -0.145. The molecule has 96 valence electrons. The first kappa shape index (κ1) is 13.7. The van der Waals surface area contributed by atoms with E-state index < -0.39 is 11.5 Å². The molecule has 0 saturated heterocycles. The molecular weight excluding hydrogens is 218 g/mol. The smallest absolute Gasteiger partial charge is 0.325 e. The van der Waals surface area contributed by atoms with Gasteiger partial charge in [-0.15, -0.1) is 0 Å². The summed E-state index contributed by atoms with van der Waals surface area (Å²) in [6.45, 7) is 9.70. The fourth-order valence-corrected chi connectivity index (χ4v) is 1.95. The van der Waals surface area contributed by atoms with Gasteiger partial charge in [-0.3, -0.25) is 14.8 Å². The zero-order valence-electron chi connectivity index (χ0n) is 11.1. The fourth-order valence-electron chi connectivity index (χ4n) is 1.95. The maximum Gasteiger partial charge on any atom is 0.325 e. The second kappa shape index (κ2) is 4.87. The van der Waals surface area contributed by atoms with E-state index in [-0.39, 0.29) is 6.04 Å². The van der Waals surface area contributed by atoms with Gasteiger partial charge in [0, 0.05) is 11.7 Å². The first-order valence-electron chi connectivity index (χ1n) is 5.77. The number of carboxylic acid groups (broad SMARTS) is 1. The maximum absolute atomic E-state index is 11.4. The summed E-state index contributed by atoms with van der Waals surface area (Å²) < 4.78 is 1.73. The van der Waals surface area contributed by atoms with Gasteiger partial charge in [0.1, 0.15) is 5.54 Å². The summed E-state index contributed by atoms with van der Waals surface area (Å²) in [7, 11) is 0. The first-order valence-corrected chi connectivity index (χ1v) is 5.77. The molecule has 0 saturated carbocycles. The van der Waals surface area contributed by atoms with Crippen molar-refractivity contribution in [3.05, 3.63) is 17.5 Å². The van der Waals surface area contributed by atoms with E-state index in [1.807, 2.05) is 33.8 Å². The van der Waals surface area contributed by atoms with Gasteiger partial charge in [0.25, 0.3) is 0 Å². The summed E-state index contributed by atoms with van der Waals surface area (Å²) in [6.07, 6.45) is 0. The lowest BCUT2D eigenvalue weighted by Crippen LogP contribution is -2.55. The van der Waals surface area contributed by atoms with E-state index in [0.29, 0.717) is 6.54 Å². The predicted molar refractivity (Wildman–Crippen MR) is 66.0 cm³/mol. The van der Waals surface area contributed by atoms with Gasteiger partial charge < -0.3 is 5.11 Å². The molecule has 0 spiro atoms. The van der Waals surface area contributed by atoms with Crippen molar-refractivity contribution < 1.29 is 9.90 Å². The van der Waals surface area contributed by atoms with Gasteiger partial charge >= 0.3 is 5.97 Å². The third-order valence-corrected chi connectivity index (χ3v) is 2.65. The molecule has 1 heterocycles. The Balaban J connectivity index is 2.94. The molecule has 1 rings (SSSR count). The number of carboxylic acids is 1. The van der Waals surface area contributed by atoms with E-state index in [9.17, 15) is 9.90 Å². The molecule has 1 atom stereocenters. The monoisotopic (exact) mass is 239 g/mol. The van der Waals surface area contributed by atoms with E-state index >= 15 is 0 Å². The lowest BCUT2D eigenvalue weighted by Gasteiger charge is -2.29.